The molecule has 2 aromatic rings. The highest BCUT2D eigenvalue weighted by Gasteiger charge is 2.12. The van der Waals surface area contributed by atoms with Crippen LogP contribution in [0.3, 0.4) is 0 Å². The number of aryl methyl sites for hydroxylation is 2. The summed E-state index contributed by atoms with van der Waals surface area (Å²) in [4.78, 5) is 7.78. The summed E-state index contributed by atoms with van der Waals surface area (Å²) in [6, 6.07) is 8.41. The average molecular weight is 243 g/mol. The van der Waals surface area contributed by atoms with E-state index in [1.807, 2.05) is 20.0 Å². The lowest BCUT2D eigenvalue weighted by Gasteiger charge is -2.16. The Morgan fingerprint density at radius 3 is 2.78 bits per heavy atom. The molecule has 1 aromatic heterocycles. The maximum Gasteiger partial charge on any atom is 0.106 e. The second-order valence-electron chi connectivity index (χ2n) is 5.60. The summed E-state index contributed by atoms with van der Waals surface area (Å²) in [5.41, 5.74) is 9.35. The van der Waals surface area contributed by atoms with Gasteiger partial charge >= 0.3 is 0 Å². The topological polar surface area (TPSA) is 54.7 Å². The van der Waals surface area contributed by atoms with E-state index in [2.05, 4.69) is 41.2 Å². The van der Waals surface area contributed by atoms with E-state index < -0.39 is 0 Å². The Labute approximate surface area is 108 Å². The number of imidazole rings is 1. The first-order chi connectivity index (χ1) is 8.44. The van der Waals surface area contributed by atoms with E-state index in [0.29, 0.717) is 0 Å². The van der Waals surface area contributed by atoms with E-state index in [-0.39, 0.29) is 5.54 Å². The van der Waals surface area contributed by atoms with Gasteiger partial charge in [-0.05, 0) is 38.8 Å². The van der Waals surface area contributed by atoms with Crippen molar-refractivity contribution in [3.05, 3.63) is 41.9 Å². The number of H-pyrrole nitrogens is 1. The van der Waals surface area contributed by atoms with Crippen molar-refractivity contribution in [1.82, 2.24) is 9.97 Å². The summed E-state index contributed by atoms with van der Waals surface area (Å²) in [5.74, 6) is 1.00. The van der Waals surface area contributed by atoms with Crippen molar-refractivity contribution < 1.29 is 0 Å². The van der Waals surface area contributed by atoms with E-state index in [4.69, 9.17) is 5.73 Å². The second-order valence-corrected chi connectivity index (χ2v) is 5.60. The number of aromatic amines is 1. The molecule has 2 rings (SSSR count). The second kappa shape index (κ2) is 4.94. The molecule has 0 saturated carbocycles. The summed E-state index contributed by atoms with van der Waals surface area (Å²) < 4.78 is 0. The lowest BCUT2D eigenvalue weighted by molar-refractivity contribution is 0.472. The Bertz CT molecular complexity index is 521. The zero-order chi connectivity index (χ0) is 13.2. The Kier molecular flexibility index (Phi) is 3.53. The van der Waals surface area contributed by atoms with Crippen molar-refractivity contribution >= 4 is 0 Å². The molecule has 96 valence electrons. The van der Waals surface area contributed by atoms with Gasteiger partial charge in [0.15, 0.2) is 0 Å². The van der Waals surface area contributed by atoms with Gasteiger partial charge in [-0.25, -0.2) is 4.98 Å². The Morgan fingerprint density at radius 2 is 2.11 bits per heavy atom. The fraction of sp³-hybridized carbons (Fsp3) is 0.400. The lowest BCUT2D eigenvalue weighted by Crippen LogP contribution is -2.32. The number of nitrogens with zero attached hydrogens (tertiary/aromatic N) is 1. The van der Waals surface area contributed by atoms with Gasteiger partial charge in [-0.3, -0.25) is 0 Å². The third-order valence-corrected chi connectivity index (χ3v) is 2.96. The standard InChI is InChI=1S/C15H21N3/c1-11-5-4-6-12(9-11)13-10-17-14(18-13)7-8-15(2,3)16/h4-6,9-10H,7-8,16H2,1-3H3,(H,17,18). The van der Waals surface area contributed by atoms with E-state index in [1.165, 1.54) is 11.1 Å². The van der Waals surface area contributed by atoms with Crippen molar-refractivity contribution in [3.8, 4) is 11.3 Å². The predicted molar refractivity (Wildman–Crippen MR) is 75.3 cm³/mol. The van der Waals surface area contributed by atoms with Crippen LogP contribution in [0.2, 0.25) is 0 Å². The lowest BCUT2D eigenvalue weighted by atomic mass is 10.0. The van der Waals surface area contributed by atoms with Gasteiger partial charge in [0.05, 0.1) is 11.9 Å². The maximum absolute atomic E-state index is 5.98. The fourth-order valence-corrected chi connectivity index (χ4v) is 1.89. The van der Waals surface area contributed by atoms with E-state index in [0.717, 1.165) is 24.4 Å². The summed E-state index contributed by atoms with van der Waals surface area (Å²) >= 11 is 0. The molecule has 0 aliphatic rings. The summed E-state index contributed by atoms with van der Waals surface area (Å²) in [5, 5.41) is 0. The van der Waals surface area contributed by atoms with Gasteiger partial charge < -0.3 is 10.7 Å². The van der Waals surface area contributed by atoms with Gasteiger partial charge in [0.1, 0.15) is 5.82 Å². The molecule has 0 aliphatic heterocycles. The molecule has 0 spiro atoms. The van der Waals surface area contributed by atoms with Crippen LogP contribution in [0.1, 0.15) is 31.7 Å². The Morgan fingerprint density at radius 1 is 1.33 bits per heavy atom. The molecule has 0 radical (unpaired) electrons. The zero-order valence-electron chi connectivity index (χ0n) is 11.3. The Hall–Kier alpha value is -1.61. The smallest absolute Gasteiger partial charge is 0.106 e. The van der Waals surface area contributed by atoms with Crippen molar-refractivity contribution in [3.63, 3.8) is 0 Å². The number of nitrogens with two attached hydrogens (primary N) is 1. The van der Waals surface area contributed by atoms with Gasteiger partial charge in [0.2, 0.25) is 0 Å². The van der Waals surface area contributed by atoms with Gasteiger partial charge in [-0.15, -0.1) is 0 Å². The minimum atomic E-state index is -0.143. The minimum absolute atomic E-state index is 0.143. The number of benzene rings is 1. The van der Waals surface area contributed by atoms with Crippen molar-refractivity contribution in [1.29, 1.82) is 0 Å². The molecule has 0 amide bonds. The molecule has 0 atom stereocenters. The van der Waals surface area contributed by atoms with Gasteiger partial charge in [0, 0.05) is 12.0 Å². The molecule has 3 nitrogen and oxygen atoms in total. The molecule has 0 fully saturated rings. The number of hydrogen-bond acceptors (Lipinski definition) is 2. The van der Waals surface area contributed by atoms with E-state index in [1.54, 1.807) is 0 Å². The molecule has 1 heterocycles. The largest absolute Gasteiger partial charge is 0.342 e. The van der Waals surface area contributed by atoms with Crippen molar-refractivity contribution in [2.24, 2.45) is 5.73 Å². The molecule has 18 heavy (non-hydrogen) atoms. The van der Waals surface area contributed by atoms with Crippen molar-refractivity contribution in [2.45, 2.75) is 39.2 Å². The first-order valence-electron chi connectivity index (χ1n) is 6.34. The summed E-state index contributed by atoms with van der Waals surface area (Å²) in [6.07, 6.45) is 3.71. The highest BCUT2D eigenvalue weighted by Crippen LogP contribution is 2.19. The molecule has 0 saturated heterocycles. The quantitative estimate of drug-likeness (QED) is 0.867. The molecular formula is C15H21N3. The summed E-state index contributed by atoms with van der Waals surface area (Å²) in [7, 11) is 0. The van der Waals surface area contributed by atoms with Crippen LogP contribution in [0.4, 0.5) is 0 Å². The molecule has 0 bridgehead atoms. The van der Waals surface area contributed by atoms with Crippen LogP contribution in [0.5, 0.6) is 0 Å². The van der Waals surface area contributed by atoms with Crippen LogP contribution in [0.15, 0.2) is 30.5 Å². The SMILES string of the molecule is Cc1cccc(-c2cnc(CCC(C)(C)N)[nH]2)c1. The minimum Gasteiger partial charge on any atom is -0.342 e. The fourth-order valence-electron chi connectivity index (χ4n) is 1.89. The van der Waals surface area contributed by atoms with Gasteiger partial charge in [-0.2, -0.15) is 0 Å². The third kappa shape index (κ3) is 3.44. The number of aromatic nitrogens is 2. The molecule has 3 heteroatoms. The molecule has 3 N–H and O–H groups in total. The van der Waals surface area contributed by atoms with Crippen LogP contribution < -0.4 is 5.73 Å². The normalized spacial score (nSPS) is 11.8. The highest BCUT2D eigenvalue weighted by atomic mass is 14.9. The maximum atomic E-state index is 5.98. The van der Waals surface area contributed by atoms with Crippen molar-refractivity contribution in [2.75, 3.05) is 0 Å². The molecular weight excluding hydrogens is 222 g/mol. The molecule has 0 unspecified atom stereocenters. The third-order valence-electron chi connectivity index (χ3n) is 2.96. The van der Waals surface area contributed by atoms with Crippen LogP contribution in [0, 0.1) is 6.92 Å². The van der Waals surface area contributed by atoms with Gasteiger partial charge in [-0.1, -0.05) is 23.8 Å². The first-order valence-corrected chi connectivity index (χ1v) is 6.34. The first kappa shape index (κ1) is 12.8. The van der Waals surface area contributed by atoms with Crippen LogP contribution in [-0.2, 0) is 6.42 Å². The van der Waals surface area contributed by atoms with E-state index >= 15 is 0 Å². The number of hydrogen-bond donors (Lipinski definition) is 2. The Balaban J connectivity index is 2.11. The highest BCUT2D eigenvalue weighted by molar-refractivity contribution is 5.59. The number of rotatable bonds is 4. The molecule has 1 aromatic carbocycles. The number of nitrogens with one attached hydrogen (secondary N) is 1. The van der Waals surface area contributed by atoms with Gasteiger partial charge in [0.25, 0.3) is 0 Å². The zero-order valence-corrected chi connectivity index (χ0v) is 11.3. The average Bonchev–Trinajstić information content (AvgIpc) is 2.74. The molecule has 0 aliphatic carbocycles. The summed E-state index contributed by atoms with van der Waals surface area (Å²) in [6.45, 7) is 6.17. The monoisotopic (exact) mass is 243 g/mol. The van der Waals surface area contributed by atoms with Crippen LogP contribution in [-0.4, -0.2) is 15.5 Å². The van der Waals surface area contributed by atoms with E-state index in [9.17, 15) is 0 Å². The van der Waals surface area contributed by atoms with Crippen LogP contribution in [0.25, 0.3) is 11.3 Å². The van der Waals surface area contributed by atoms with Crippen LogP contribution >= 0.6 is 0 Å². The predicted octanol–water partition coefficient (Wildman–Crippen LogP) is 3.06.